The van der Waals surface area contributed by atoms with Gasteiger partial charge in [0.25, 0.3) is 5.91 Å². The molecule has 0 bridgehead atoms. The van der Waals surface area contributed by atoms with Gasteiger partial charge in [-0.1, -0.05) is 18.2 Å². The molecule has 3 N–H and O–H groups in total. The molecule has 1 heterocycles. The van der Waals surface area contributed by atoms with E-state index >= 15 is 0 Å². The van der Waals surface area contributed by atoms with Gasteiger partial charge in [-0.05, 0) is 37.8 Å². The van der Waals surface area contributed by atoms with Crippen LogP contribution in [0.15, 0.2) is 30.3 Å². The van der Waals surface area contributed by atoms with Crippen molar-refractivity contribution in [2.24, 2.45) is 11.7 Å². The molecule has 5 heteroatoms. The number of hydrogen-bond donors (Lipinski definition) is 2. The van der Waals surface area contributed by atoms with Crippen LogP contribution in [0.5, 0.6) is 0 Å². The number of carbonyl (C=O) groups excluding carboxylic acids is 2. The molecule has 1 aromatic rings. The summed E-state index contributed by atoms with van der Waals surface area (Å²) in [6.07, 6.45) is 1.99. The Morgan fingerprint density at radius 1 is 1.38 bits per heavy atom. The van der Waals surface area contributed by atoms with Crippen molar-refractivity contribution >= 4 is 11.8 Å². The summed E-state index contributed by atoms with van der Waals surface area (Å²) in [7, 11) is 0. The SMILES string of the molecule is C[C@@H](N)C(=O)N1CCCC(CNC(=O)c2ccccc2)C1. The van der Waals surface area contributed by atoms with E-state index in [-0.39, 0.29) is 11.8 Å². The number of hydrogen-bond acceptors (Lipinski definition) is 3. The summed E-state index contributed by atoms with van der Waals surface area (Å²) in [5, 5.41) is 2.95. The third-order valence-electron chi connectivity index (χ3n) is 3.81. The molecule has 2 rings (SSSR count). The second-order valence-corrected chi connectivity index (χ2v) is 5.66. The van der Waals surface area contributed by atoms with Crippen molar-refractivity contribution in [2.45, 2.75) is 25.8 Å². The molecular weight excluding hydrogens is 266 g/mol. The van der Waals surface area contributed by atoms with Crippen molar-refractivity contribution in [1.29, 1.82) is 0 Å². The minimum atomic E-state index is -0.456. The molecule has 1 fully saturated rings. The topological polar surface area (TPSA) is 75.4 Å². The van der Waals surface area contributed by atoms with Crippen LogP contribution in [0.2, 0.25) is 0 Å². The number of rotatable bonds is 4. The van der Waals surface area contributed by atoms with E-state index < -0.39 is 6.04 Å². The zero-order chi connectivity index (χ0) is 15.2. The molecule has 2 atom stereocenters. The van der Waals surface area contributed by atoms with Crippen LogP contribution < -0.4 is 11.1 Å². The maximum Gasteiger partial charge on any atom is 0.251 e. The van der Waals surface area contributed by atoms with Crippen molar-refractivity contribution in [3.63, 3.8) is 0 Å². The lowest BCUT2D eigenvalue weighted by Crippen LogP contribution is -2.48. The lowest BCUT2D eigenvalue weighted by molar-refractivity contribution is -0.133. The average Bonchev–Trinajstić information content (AvgIpc) is 2.53. The highest BCUT2D eigenvalue weighted by molar-refractivity contribution is 5.94. The van der Waals surface area contributed by atoms with E-state index in [2.05, 4.69) is 5.32 Å². The Morgan fingerprint density at radius 2 is 2.10 bits per heavy atom. The van der Waals surface area contributed by atoms with E-state index in [1.807, 2.05) is 23.1 Å². The molecule has 0 spiro atoms. The molecule has 1 aromatic carbocycles. The molecule has 0 aliphatic carbocycles. The Hall–Kier alpha value is -1.88. The minimum Gasteiger partial charge on any atom is -0.352 e. The molecule has 1 unspecified atom stereocenters. The van der Waals surface area contributed by atoms with Crippen LogP contribution in [-0.4, -0.2) is 42.4 Å². The van der Waals surface area contributed by atoms with Gasteiger partial charge in [-0.15, -0.1) is 0 Å². The molecule has 1 aliphatic rings. The predicted molar refractivity (Wildman–Crippen MR) is 81.7 cm³/mol. The second kappa shape index (κ2) is 7.22. The van der Waals surface area contributed by atoms with Crippen LogP contribution in [0, 0.1) is 5.92 Å². The van der Waals surface area contributed by atoms with E-state index in [4.69, 9.17) is 5.73 Å². The van der Waals surface area contributed by atoms with Crippen molar-refractivity contribution in [1.82, 2.24) is 10.2 Å². The number of nitrogens with zero attached hydrogens (tertiary/aromatic N) is 1. The third kappa shape index (κ3) is 4.29. The van der Waals surface area contributed by atoms with Crippen molar-refractivity contribution in [3.05, 3.63) is 35.9 Å². The summed E-state index contributed by atoms with van der Waals surface area (Å²) in [6, 6.07) is 8.71. The van der Waals surface area contributed by atoms with Crippen LogP contribution in [0.4, 0.5) is 0 Å². The molecule has 1 saturated heterocycles. The third-order valence-corrected chi connectivity index (χ3v) is 3.81. The zero-order valence-corrected chi connectivity index (χ0v) is 12.4. The number of amides is 2. The monoisotopic (exact) mass is 289 g/mol. The maximum absolute atomic E-state index is 12.0. The van der Waals surface area contributed by atoms with Gasteiger partial charge in [0.1, 0.15) is 0 Å². The molecule has 1 aliphatic heterocycles. The standard InChI is InChI=1S/C16H23N3O2/c1-12(17)16(21)19-9-5-6-13(11-19)10-18-15(20)14-7-3-2-4-8-14/h2-4,7-8,12-13H,5-6,9-11,17H2,1H3,(H,18,20)/t12-,13?/m1/s1. The van der Waals surface area contributed by atoms with Crippen LogP contribution in [0.3, 0.4) is 0 Å². The van der Waals surface area contributed by atoms with Gasteiger partial charge in [0.2, 0.25) is 5.91 Å². The zero-order valence-electron chi connectivity index (χ0n) is 12.4. The molecule has 21 heavy (non-hydrogen) atoms. The van der Waals surface area contributed by atoms with Gasteiger partial charge in [-0.2, -0.15) is 0 Å². The molecule has 0 radical (unpaired) electrons. The van der Waals surface area contributed by atoms with Gasteiger partial charge in [0.15, 0.2) is 0 Å². The first-order chi connectivity index (χ1) is 10.1. The van der Waals surface area contributed by atoms with Crippen LogP contribution in [0.1, 0.15) is 30.1 Å². The quantitative estimate of drug-likeness (QED) is 0.868. The average molecular weight is 289 g/mol. The Balaban J connectivity index is 1.83. The smallest absolute Gasteiger partial charge is 0.251 e. The largest absolute Gasteiger partial charge is 0.352 e. The Bertz CT molecular complexity index is 488. The first kappa shape index (κ1) is 15.5. The summed E-state index contributed by atoms with van der Waals surface area (Å²) >= 11 is 0. The molecule has 2 amide bonds. The number of carbonyl (C=O) groups is 2. The number of nitrogens with one attached hydrogen (secondary N) is 1. The molecule has 0 saturated carbocycles. The number of nitrogens with two attached hydrogens (primary N) is 1. The number of piperidine rings is 1. The summed E-state index contributed by atoms with van der Waals surface area (Å²) < 4.78 is 0. The fourth-order valence-corrected chi connectivity index (χ4v) is 2.65. The fraction of sp³-hybridized carbons (Fsp3) is 0.500. The lowest BCUT2D eigenvalue weighted by Gasteiger charge is -2.33. The van der Waals surface area contributed by atoms with Gasteiger partial charge in [0, 0.05) is 25.2 Å². The highest BCUT2D eigenvalue weighted by atomic mass is 16.2. The van der Waals surface area contributed by atoms with Crippen LogP contribution in [-0.2, 0) is 4.79 Å². The predicted octanol–water partition coefficient (Wildman–Crippen LogP) is 1.00. The Labute approximate surface area is 125 Å². The molecule has 5 nitrogen and oxygen atoms in total. The van der Waals surface area contributed by atoms with E-state index in [9.17, 15) is 9.59 Å². The van der Waals surface area contributed by atoms with Gasteiger partial charge >= 0.3 is 0 Å². The summed E-state index contributed by atoms with van der Waals surface area (Å²) in [4.78, 5) is 25.7. The van der Waals surface area contributed by atoms with Crippen LogP contribution in [0.25, 0.3) is 0 Å². The van der Waals surface area contributed by atoms with E-state index in [0.29, 0.717) is 24.6 Å². The van der Waals surface area contributed by atoms with E-state index in [1.165, 1.54) is 0 Å². The number of likely N-dealkylation sites (tertiary alicyclic amines) is 1. The Morgan fingerprint density at radius 3 is 2.76 bits per heavy atom. The summed E-state index contributed by atoms with van der Waals surface area (Å²) in [6.45, 7) is 3.75. The highest BCUT2D eigenvalue weighted by Gasteiger charge is 2.25. The van der Waals surface area contributed by atoms with E-state index in [0.717, 1.165) is 19.4 Å². The van der Waals surface area contributed by atoms with Gasteiger partial charge in [0.05, 0.1) is 6.04 Å². The van der Waals surface area contributed by atoms with Gasteiger partial charge < -0.3 is 16.0 Å². The minimum absolute atomic E-state index is 0.00548. The number of benzene rings is 1. The summed E-state index contributed by atoms with van der Waals surface area (Å²) in [5.74, 6) is 0.231. The fourth-order valence-electron chi connectivity index (χ4n) is 2.65. The lowest BCUT2D eigenvalue weighted by atomic mass is 9.97. The normalized spacial score (nSPS) is 19.9. The molecular formula is C16H23N3O2. The highest BCUT2D eigenvalue weighted by Crippen LogP contribution is 2.16. The van der Waals surface area contributed by atoms with Crippen molar-refractivity contribution in [3.8, 4) is 0 Å². The van der Waals surface area contributed by atoms with Gasteiger partial charge in [-0.3, -0.25) is 9.59 Å². The first-order valence-electron chi connectivity index (χ1n) is 7.45. The molecule has 0 aromatic heterocycles. The van der Waals surface area contributed by atoms with Gasteiger partial charge in [-0.25, -0.2) is 0 Å². The molecule has 114 valence electrons. The van der Waals surface area contributed by atoms with Crippen LogP contribution >= 0.6 is 0 Å². The van der Waals surface area contributed by atoms with Crippen molar-refractivity contribution < 1.29 is 9.59 Å². The van der Waals surface area contributed by atoms with Crippen molar-refractivity contribution in [2.75, 3.05) is 19.6 Å². The summed E-state index contributed by atoms with van der Waals surface area (Å²) in [5.41, 5.74) is 6.31. The maximum atomic E-state index is 12.0. The first-order valence-corrected chi connectivity index (χ1v) is 7.45. The second-order valence-electron chi connectivity index (χ2n) is 5.66. The Kier molecular flexibility index (Phi) is 5.33. The van der Waals surface area contributed by atoms with E-state index in [1.54, 1.807) is 19.1 Å².